The van der Waals surface area contributed by atoms with Crippen molar-refractivity contribution in [3.8, 4) is 0 Å². The molecule has 2 spiro atoms. The Balaban J connectivity index is 1.30. The zero-order chi connectivity index (χ0) is 28.6. The SMILES string of the molecule is CCC(=O)N(C[C]1C[C@@H](C)[C@H]2[C](O1)[C@H](O)[C@@]1(C)[C]3CC[C@H]4C(C)(C)C(O)CC[C@@]45C[C@@]35CC[C@]21C)C(C)(C)C. The molecule has 6 fully saturated rings. The molecule has 0 aromatic rings. The van der Waals surface area contributed by atoms with Crippen LogP contribution in [-0.2, 0) is 9.53 Å². The molecule has 5 nitrogen and oxygen atoms in total. The maximum atomic E-state index is 12.9. The van der Waals surface area contributed by atoms with Gasteiger partial charge < -0.3 is 19.8 Å². The molecule has 5 heteroatoms. The highest BCUT2D eigenvalue weighted by molar-refractivity contribution is 5.76. The van der Waals surface area contributed by atoms with E-state index in [1.165, 1.54) is 12.8 Å². The maximum Gasteiger partial charge on any atom is 0.222 e. The molecule has 1 heterocycles. The third-order valence-electron chi connectivity index (χ3n) is 13.8. The van der Waals surface area contributed by atoms with Crippen LogP contribution in [0.1, 0.15) is 120 Å². The molecule has 9 atom stereocenters. The Labute approximate surface area is 237 Å². The van der Waals surface area contributed by atoms with Crippen LogP contribution in [0.15, 0.2) is 0 Å². The van der Waals surface area contributed by atoms with Crippen molar-refractivity contribution in [3.63, 3.8) is 0 Å². The predicted molar refractivity (Wildman–Crippen MR) is 153 cm³/mol. The van der Waals surface area contributed by atoms with Gasteiger partial charge in [-0.25, -0.2) is 0 Å². The Hall–Kier alpha value is -0.650. The maximum absolute atomic E-state index is 12.9. The molecule has 39 heavy (non-hydrogen) atoms. The topological polar surface area (TPSA) is 70.0 Å². The summed E-state index contributed by atoms with van der Waals surface area (Å²) >= 11 is 0. The van der Waals surface area contributed by atoms with Gasteiger partial charge >= 0.3 is 0 Å². The standard InChI is InChI=1S/C34H54NO4/c1-10-25(37)35(29(3,4)5)18-21-17-20(2)26-27(39-21)28(38)32(9)23-12-11-22-30(6,7)24(36)13-14-33(22)19-34(23,33)16-15-31(26,32)8/h20,22,24,26,28,36,38H,10-19H2,1-9H3/t20-,22+,24?,26+,28+,31-,32-,33-,34+/m1/s1. The third-order valence-corrected chi connectivity index (χ3v) is 13.8. The molecule has 6 aliphatic rings. The Morgan fingerprint density at radius 3 is 2.41 bits per heavy atom. The molecule has 1 aliphatic heterocycles. The van der Waals surface area contributed by atoms with Gasteiger partial charge in [0, 0.05) is 23.3 Å². The van der Waals surface area contributed by atoms with Crippen molar-refractivity contribution in [1.29, 1.82) is 0 Å². The van der Waals surface area contributed by atoms with Crippen molar-refractivity contribution >= 4 is 5.91 Å². The minimum atomic E-state index is -0.612. The number of aliphatic hydroxyl groups excluding tert-OH is 2. The van der Waals surface area contributed by atoms with E-state index < -0.39 is 6.10 Å². The van der Waals surface area contributed by atoms with E-state index in [-0.39, 0.29) is 45.1 Å². The Kier molecular flexibility index (Phi) is 6.18. The Bertz CT molecular complexity index is 1020. The molecule has 3 radical (unpaired) electrons. The summed E-state index contributed by atoms with van der Waals surface area (Å²) in [7, 11) is 0. The number of carbonyl (C=O) groups excluding carboxylic acids is 1. The number of hydrogen-bond donors (Lipinski definition) is 2. The molecule has 0 aromatic carbocycles. The van der Waals surface area contributed by atoms with E-state index in [2.05, 4.69) is 55.4 Å². The zero-order valence-corrected chi connectivity index (χ0v) is 26.1. The van der Waals surface area contributed by atoms with Gasteiger partial charge in [-0.3, -0.25) is 4.79 Å². The number of nitrogens with zero attached hydrogens (tertiary/aromatic N) is 1. The van der Waals surface area contributed by atoms with E-state index in [0.717, 1.165) is 50.7 Å². The van der Waals surface area contributed by atoms with E-state index in [0.29, 0.717) is 30.2 Å². The Morgan fingerprint density at radius 2 is 1.77 bits per heavy atom. The zero-order valence-electron chi connectivity index (χ0n) is 26.1. The van der Waals surface area contributed by atoms with Crippen LogP contribution in [0.2, 0.25) is 0 Å². The van der Waals surface area contributed by atoms with Crippen LogP contribution < -0.4 is 0 Å². The summed E-state index contributed by atoms with van der Waals surface area (Å²) in [4.78, 5) is 14.8. The number of aliphatic hydroxyl groups is 2. The monoisotopic (exact) mass is 540 g/mol. The van der Waals surface area contributed by atoms with Gasteiger partial charge in [0.2, 0.25) is 5.91 Å². The molecular weight excluding hydrogens is 486 g/mol. The van der Waals surface area contributed by atoms with Crippen LogP contribution in [0.3, 0.4) is 0 Å². The molecule has 0 aromatic heterocycles. The summed E-state index contributed by atoms with van der Waals surface area (Å²) in [6, 6.07) is 0. The first kappa shape index (κ1) is 28.5. The molecular formula is C34H54NO4. The summed E-state index contributed by atoms with van der Waals surface area (Å²) in [6.45, 7) is 20.5. The molecule has 219 valence electrons. The molecule has 1 amide bonds. The minimum absolute atomic E-state index is 0.0312. The Morgan fingerprint density at radius 1 is 1.08 bits per heavy atom. The summed E-state index contributed by atoms with van der Waals surface area (Å²) in [5, 5.41) is 23.3. The van der Waals surface area contributed by atoms with Crippen molar-refractivity contribution in [2.75, 3.05) is 6.54 Å². The van der Waals surface area contributed by atoms with E-state index in [1.807, 2.05) is 11.8 Å². The highest BCUT2D eigenvalue weighted by Crippen LogP contribution is 2.90. The number of ether oxygens (including phenoxy) is 1. The fourth-order valence-electron chi connectivity index (χ4n) is 11.7. The van der Waals surface area contributed by atoms with Gasteiger partial charge in [-0.2, -0.15) is 0 Å². The molecule has 1 unspecified atom stereocenters. The third kappa shape index (κ3) is 3.39. The summed E-state index contributed by atoms with van der Waals surface area (Å²) in [6.07, 6.45) is 10.2. The normalized spacial score (nSPS) is 49.4. The fourth-order valence-corrected chi connectivity index (χ4v) is 11.7. The number of carbonyl (C=O) groups is 1. The first-order valence-corrected chi connectivity index (χ1v) is 15.9. The highest BCUT2D eigenvalue weighted by atomic mass is 16.5. The van der Waals surface area contributed by atoms with Gasteiger partial charge in [0.05, 0.1) is 18.8 Å². The van der Waals surface area contributed by atoms with Crippen LogP contribution in [0.4, 0.5) is 0 Å². The molecule has 5 aliphatic carbocycles. The second kappa shape index (κ2) is 8.47. The lowest BCUT2D eigenvalue weighted by Crippen LogP contribution is -2.58. The molecule has 0 bridgehead atoms. The molecule has 2 N–H and O–H groups in total. The average molecular weight is 541 g/mol. The van der Waals surface area contributed by atoms with Crippen LogP contribution in [-0.4, -0.2) is 45.3 Å². The number of fused-ring (bicyclic) bond motifs is 4. The van der Waals surface area contributed by atoms with E-state index >= 15 is 0 Å². The number of hydrogen-bond acceptors (Lipinski definition) is 4. The van der Waals surface area contributed by atoms with Gasteiger partial charge in [0.15, 0.2) is 0 Å². The lowest BCUT2D eigenvalue weighted by atomic mass is 9.41. The van der Waals surface area contributed by atoms with Crippen LogP contribution in [0.25, 0.3) is 0 Å². The predicted octanol–water partition coefficient (Wildman–Crippen LogP) is 6.48. The second-order valence-electron chi connectivity index (χ2n) is 16.6. The van der Waals surface area contributed by atoms with Crippen LogP contribution >= 0.6 is 0 Å². The van der Waals surface area contributed by atoms with Gasteiger partial charge in [-0.05, 0) is 112 Å². The average Bonchev–Trinajstić information content (AvgIpc) is 3.49. The summed E-state index contributed by atoms with van der Waals surface area (Å²) < 4.78 is 6.76. The molecule has 5 saturated carbocycles. The van der Waals surface area contributed by atoms with E-state index in [1.54, 1.807) is 5.92 Å². The fraction of sp³-hybridized carbons (Fsp3) is 0.882. The van der Waals surface area contributed by atoms with Gasteiger partial charge in [0.1, 0.15) is 12.2 Å². The molecule has 6 rings (SSSR count). The molecule has 1 saturated heterocycles. The minimum Gasteiger partial charge on any atom is -0.393 e. The van der Waals surface area contributed by atoms with Crippen molar-refractivity contribution in [2.45, 2.75) is 138 Å². The second-order valence-corrected chi connectivity index (χ2v) is 16.6. The summed E-state index contributed by atoms with van der Waals surface area (Å²) in [5.74, 6) is 2.94. The van der Waals surface area contributed by atoms with E-state index in [4.69, 9.17) is 4.74 Å². The van der Waals surface area contributed by atoms with Gasteiger partial charge in [-0.1, -0.05) is 41.5 Å². The van der Waals surface area contributed by atoms with Crippen molar-refractivity contribution in [3.05, 3.63) is 18.1 Å². The van der Waals surface area contributed by atoms with Crippen molar-refractivity contribution in [2.24, 2.45) is 44.8 Å². The van der Waals surface area contributed by atoms with Gasteiger partial charge in [-0.15, -0.1) is 0 Å². The lowest BCUT2D eigenvalue weighted by molar-refractivity contribution is -0.137. The largest absolute Gasteiger partial charge is 0.393 e. The van der Waals surface area contributed by atoms with Gasteiger partial charge in [0.25, 0.3) is 0 Å². The highest BCUT2D eigenvalue weighted by Gasteiger charge is 2.85. The van der Waals surface area contributed by atoms with Crippen LogP contribution in [0, 0.1) is 63.0 Å². The number of rotatable bonds is 3. The van der Waals surface area contributed by atoms with E-state index in [9.17, 15) is 15.0 Å². The first-order chi connectivity index (χ1) is 18.0. The number of amides is 1. The lowest BCUT2D eigenvalue weighted by Gasteiger charge is -2.63. The first-order valence-electron chi connectivity index (χ1n) is 15.9. The van der Waals surface area contributed by atoms with Crippen LogP contribution in [0.5, 0.6) is 0 Å². The van der Waals surface area contributed by atoms with Crippen molar-refractivity contribution < 1.29 is 19.7 Å². The smallest absolute Gasteiger partial charge is 0.222 e. The quantitative estimate of drug-likeness (QED) is 0.430. The summed E-state index contributed by atoms with van der Waals surface area (Å²) in [5.41, 5.74) is -0.116. The van der Waals surface area contributed by atoms with Crippen molar-refractivity contribution in [1.82, 2.24) is 4.90 Å².